The Morgan fingerprint density at radius 3 is 2.67 bits per heavy atom. The van der Waals surface area contributed by atoms with Crippen LogP contribution >= 0.6 is 0 Å². The number of nitrogens with zero attached hydrogens (tertiary/aromatic N) is 2. The standard InChI is InChI=1S/C17H22F2N2O6/c1-10-3-12(17(22)23)8-20(6-10)7-11-4-14(26-2)15(27-9-16(18)19)5-13(11)21(24)25/h4-5,10,12,16H,3,6-9H2,1-2H3,(H,22,23). The molecule has 1 aromatic carbocycles. The number of carboxylic acid groups (broad SMARTS) is 1. The Labute approximate surface area is 154 Å². The number of rotatable bonds is 8. The fourth-order valence-electron chi connectivity index (χ4n) is 3.32. The van der Waals surface area contributed by atoms with Crippen molar-refractivity contribution in [2.24, 2.45) is 11.8 Å². The Hall–Kier alpha value is -2.49. The third-order valence-corrected chi connectivity index (χ3v) is 4.40. The van der Waals surface area contributed by atoms with Crippen LogP contribution in [0.5, 0.6) is 11.5 Å². The molecule has 1 aliphatic rings. The van der Waals surface area contributed by atoms with E-state index in [1.54, 1.807) is 0 Å². The van der Waals surface area contributed by atoms with Gasteiger partial charge in [0.15, 0.2) is 11.5 Å². The largest absolute Gasteiger partial charge is 0.493 e. The van der Waals surface area contributed by atoms with Gasteiger partial charge in [-0.05, 0) is 18.4 Å². The van der Waals surface area contributed by atoms with E-state index in [0.29, 0.717) is 18.5 Å². The van der Waals surface area contributed by atoms with E-state index in [4.69, 9.17) is 9.47 Å². The summed E-state index contributed by atoms with van der Waals surface area (Å²) in [7, 11) is 1.31. The molecule has 150 valence electrons. The van der Waals surface area contributed by atoms with Crippen LogP contribution < -0.4 is 9.47 Å². The van der Waals surface area contributed by atoms with Crippen molar-refractivity contribution in [3.63, 3.8) is 0 Å². The van der Waals surface area contributed by atoms with E-state index in [-0.39, 0.29) is 36.2 Å². The summed E-state index contributed by atoms with van der Waals surface area (Å²) in [6.07, 6.45) is -2.17. The number of nitro groups is 1. The highest BCUT2D eigenvalue weighted by Crippen LogP contribution is 2.36. The molecule has 2 unspecified atom stereocenters. The summed E-state index contributed by atoms with van der Waals surface area (Å²) < 4.78 is 34.8. The molecule has 1 aromatic rings. The van der Waals surface area contributed by atoms with Gasteiger partial charge in [-0.25, -0.2) is 8.78 Å². The zero-order valence-electron chi connectivity index (χ0n) is 15.1. The number of alkyl halides is 2. The minimum atomic E-state index is -2.73. The average Bonchev–Trinajstić information content (AvgIpc) is 2.59. The molecule has 1 saturated heterocycles. The number of methoxy groups -OCH3 is 1. The number of likely N-dealkylation sites (tertiary alicyclic amines) is 1. The zero-order valence-corrected chi connectivity index (χ0v) is 15.1. The van der Waals surface area contributed by atoms with Gasteiger partial charge in [0.25, 0.3) is 12.1 Å². The Balaban J connectivity index is 2.29. The Morgan fingerprint density at radius 1 is 1.41 bits per heavy atom. The Bertz CT molecular complexity index is 700. The second-order valence-electron chi connectivity index (χ2n) is 6.66. The second kappa shape index (κ2) is 8.94. The van der Waals surface area contributed by atoms with Crippen molar-refractivity contribution < 1.29 is 33.1 Å². The molecule has 10 heteroatoms. The molecule has 1 N–H and O–H groups in total. The highest BCUT2D eigenvalue weighted by Gasteiger charge is 2.31. The van der Waals surface area contributed by atoms with E-state index in [1.165, 1.54) is 13.2 Å². The van der Waals surface area contributed by atoms with Crippen molar-refractivity contribution in [2.45, 2.75) is 26.3 Å². The quantitative estimate of drug-likeness (QED) is 0.540. The number of piperidine rings is 1. The summed E-state index contributed by atoms with van der Waals surface area (Å²) in [6, 6.07) is 2.45. The first kappa shape index (κ1) is 20.8. The molecule has 27 heavy (non-hydrogen) atoms. The predicted molar refractivity (Wildman–Crippen MR) is 91.3 cm³/mol. The van der Waals surface area contributed by atoms with Gasteiger partial charge in [-0.15, -0.1) is 0 Å². The lowest BCUT2D eigenvalue weighted by Crippen LogP contribution is -2.42. The second-order valence-corrected chi connectivity index (χ2v) is 6.66. The maximum absolute atomic E-state index is 12.4. The van der Waals surface area contributed by atoms with Crippen LogP contribution in [0.1, 0.15) is 18.9 Å². The van der Waals surface area contributed by atoms with E-state index in [2.05, 4.69) is 0 Å². The summed E-state index contributed by atoms with van der Waals surface area (Å²) in [6.45, 7) is 2.06. The molecule has 0 saturated carbocycles. The van der Waals surface area contributed by atoms with Crippen molar-refractivity contribution in [1.82, 2.24) is 4.90 Å². The predicted octanol–water partition coefficient (Wildman–Crippen LogP) is 2.79. The lowest BCUT2D eigenvalue weighted by Gasteiger charge is -2.34. The summed E-state index contributed by atoms with van der Waals surface area (Å²) in [5.74, 6) is -1.33. The van der Waals surface area contributed by atoms with Gasteiger partial charge in [0.2, 0.25) is 0 Å². The van der Waals surface area contributed by atoms with Gasteiger partial charge >= 0.3 is 5.97 Å². The van der Waals surface area contributed by atoms with E-state index in [0.717, 1.165) is 6.07 Å². The maximum Gasteiger partial charge on any atom is 0.307 e. The highest BCUT2D eigenvalue weighted by atomic mass is 19.3. The summed E-state index contributed by atoms with van der Waals surface area (Å²) >= 11 is 0. The van der Waals surface area contributed by atoms with Gasteiger partial charge < -0.3 is 14.6 Å². The van der Waals surface area contributed by atoms with E-state index < -0.39 is 29.8 Å². The van der Waals surface area contributed by atoms with Crippen LogP contribution in [0.15, 0.2) is 12.1 Å². The molecule has 1 aliphatic heterocycles. The molecule has 0 radical (unpaired) electrons. The minimum absolute atomic E-state index is 0.107. The number of ether oxygens (including phenoxy) is 2. The molecule has 2 atom stereocenters. The normalized spacial score (nSPS) is 20.5. The minimum Gasteiger partial charge on any atom is -0.493 e. The number of carboxylic acids is 1. The van der Waals surface area contributed by atoms with Crippen LogP contribution in [-0.2, 0) is 11.3 Å². The molecular weight excluding hydrogens is 366 g/mol. The molecule has 0 aliphatic carbocycles. The van der Waals surface area contributed by atoms with Crippen LogP contribution in [0.4, 0.5) is 14.5 Å². The van der Waals surface area contributed by atoms with Crippen LogP contribution in [0.3, 0.4) is 0 Å². The first-order valence-electron chi connectivity index (χ1n) is 8.42. The van der Waals surface area contributed by atoms with Crippen LogP contribution in [0.25, 0.3) is 0 Å². The number of halogens is 2. The van der Waals surface area contributed by atoms with Crippen molar-refractivity contribution in [2.75, 3.05) is 26.8 Å². The SMILES string of the molecule is COc1cc(CN2CC(C)CC(C(=O)O)C2)c([N+](=O)[O-])cc1OCC(F)F. The van der Waals surface area contributed by atoms with Gasteiger partial charge in [-0.3, -0.25) is 19.8 Å². The highest BCUT2D eigenvalue weighted by molar-refractivity contribution is 5.70. The van der Waals surface area contributed by atoms with Crippen molar-refractivity contribution in [1.29, 1.82) is 0 Å². The fourth-order valence-corrected chi connectivity index (χ4v) is 3.32. The first-order chi connectivity index (χ1) is 12.7. The topological polar surface area (TPSA) is 102 Å². The third kappa shape index (κ3) is 5.49. The number of hydrogen-bond donors (Lipinski definition) is 1. The first-order valence-corrected chi connectivity index (χ1v) is 8.42. The lowest BCUT2D eigenvalue weighted by atomic mass is 9.90. The van der Waals surface area contributed by atoms with Gasteiger partial charge in [-0.1, -0.05) is 6.92 Å². The zero-order chi connectivity index (χ0) is 20.1. The van der Waals surface area contributed by atoms with Crippen LogP contribution in [0, 0.1) is 22.0 Å². The molecule has 8 nitrogen and oxygen atoms in total. The van der Waals surface area contributed by atoms with Gasteiger partial charge in [0.1, 0.15) is 6.61 Å². The summed E-state index contributed by atoms with van der Waals surface area (Å²) in [5, 5.41) is 20.7. The van der Waals surface area contributed by atoms with Crippen LogP contribution in [-0.4, -0.2) is 54.1 Å². The number of benzene rings is 1. The molecule has 0 spiro atoms. The van der Waals surface area contributed by atoms with Gasteiger partial charge in [0.05, 0.1) is 24.0 Å². The smallest absolute Gasteiger partial charge is 0.307 e. The Kier molecular flexibility index (Phi) is 6.89. The number of nitro benzene ring substituents is 1. The van der Waals surface area contributed by atoms with E-state index in [9.17, 15) is 28.8 Å². The van der Waals surface area contributed by atoms with E-state index >= 15 is 0 Å². The number of aliphatic carboxylic acids is 1. The molecule has 1 heterocycles. The van der Waals surface area contributed by atoms with Crippen LogP contribution in [0.2, 0.25) is 0 Å². The van der Waals surface area contributed by atoms with Crippen molar-refractivity contribution >= 4 is 11.7 Å². The van der Waals surface area contributed by atoms with Crippen molar-refractivity contribution in [3.8, 4) is 11.5 Å². The monoisotopic (exact) mass is 388 g/mol. The molecule has 0 aromatic heterocycles. The maximum atomic E-state index is 12.4. The van der Waals surface area contributed by atoms with Crippen molar-refractivity contribution in [3.05, 3.63) is 27.8 Å². The molecule has 0 bridgehead atoms. The molecule has 0 amide bonds. The summed E-state index contributed by atoms with van der Waals surface area (Å²) in [5.41, 5.74) is 0.0182. The number of hydrogen-bond acceptors (Lipinski definition) is 6. The van der Waals surface area contributed by atoms with E-state index in [1.807, 2.05) is 11.8 Å². The molecule has 1 fully saturated rings. The molecular formula is C17H22F2N2O6. The fraction of sp³-hybridized carbons (Fsp3) is 0.588. The van der Waals surface area contributed by atoms with Gasteiger partial charge in [-0.2, -0.15) is 0 Å². The van der Waals surface area contributed by atoms with Gasteiger partial charge in [0, 0.05) is 25.2 Å². The lowest BCUT2D eigenvalue weighted by molar-refractivity contribution is -0.385. The average molecular weight is 388 g/mol. The summed E-state index contributed by atoms with van der Waals surface area (Å²) in [4.78, 5) is 24.0. The number of carbonyl (C=O) groups is 1. The molecule has 2 rings (SSSR count). The Morgan fingerprint density at radius 2 is 2.11 bits per heavy atom. The third-order valence-electron chi connectivity index (χ3n) is 4.40.